The first-order valence-corrected chi connectivity index (χ1v) is 21.3. The number of hydrogen-bond donors (Lipinski definition) is 1. The molecule has 12 nitrogen and oxygen atoms in total. The van der Waals surface area contributed by atoms with E-state index in [9.17, 15) is 24.0 Å². The molecule has 0 bridgehead atoms. The van der Waals surface area contributed by atoms with Gasteiger partial charge in [-0.3, -0.25) is 14.4 Å². The Bertz CT molecular complexity index is 914. The van der Waals surface area contributed by atoms with Crippen LogP contribution in [0, 0.1) is 0 Å². The van der Waals surface area contributed by atoms with Crippen molar-refractivity contribution >= 4 is 30.0 Å². The molecule has 1 N–H and O–H groups in total. The van der Waals surface area contributed by atoms with Crippen molar-refractivity contribution in [3.63, 3.8) is 0 Å². The molecule has 0 aromatic rings. The fourth-order valence-corrected chi connectivity index (χ4v) is 5.14. The van der Waals surface area contributed by atoms with Crippen LogP contribution in [0.25, 0.3) is 0 Å². The van der Waals surface area contributed by atoms with E-state index >= 15 is 0 Å². The summed E-state index contributed by atoms with van der Waals surface area (Å²) in [4.78, 5) is 62.5. The van der Waals surface area contributed by atoms with Gasteiger partial charge in [-0.25, -0.2) is 9.59 Å². The summed E-state index contributed by atoms with van der Waals surface area (Å²) in [6, 6.07) is -1.03. The van der Waals surface area contributed by atoms with Crippen LogP contribution in [0.3, 0.4) is 0 Å². The molecule has 318 valence electrons. The third kappa shape index (κ3) is 40.3. The van der Waals surface area contributed by atoms with Crippen LogP contribution in [0.1, 0.15) is 182 Å². The summed E-state index contributed by atoms with van der Waals surface area (Å²) >= 11 is 0. The lowest BCUT2D eigenvalue weighted by atomic mass is 10.1. The molecule has 1 unspecified atom stereocenters. The van der Waals surface area contributed by atoms with Gasteiger partial charge in [-0.2, -0.15) is 0 Å². The minimum Gasteiger partial charge on any atom is -0.466 e. The Morgan fingerprint density at radius 3 is 1.33 bits per heavy atom. The number of nitrogens with zero attached hydrogens (tertiary/aromatic N) is 1. The molecule has 1 atom stereocenters. The maximum absolute atomic E-state index is 12.8. The van der Waals surface area contributed by atoms with Gasteiger partial charge in [0.15, 0.2) is 0 Å². The van der Waals surface area contributed by atoms with Gasteiger partial charge in [0.25, 0.3) is 0 Å². The van der Waals surface area contributed by atoms with Crippen molar-refractivity contribution in [3.05, 3.63) is 0 Å². The Morgan fingerprint density at radius 2 is 0.870 bits per heavy atom. The van der Waals surface area contributed by atoms with Crippen LogP contribution in [-0.2, 0) is 42.9 Å². The Balaban J connectivity index is 0. The smallest absolute Gasteiger partial charge is 0.407 e. The van der Waals surface area contributed by atoms with Crippen LogP contribution in [0.15, 0.2) is 0 Å². The second-order valence-corrected chi connectivity index (χ2v) is 14.2. The summed E-state index contributed by atoms with van der Waals surface area (Å²) < 4.78 is 26.4. The fraction of sp³-hybridized carbons (Fsp3) is 0.881. The number of carbonyl (C=O) groups excluding carboxylic acids is 5. The summed E-state index contributed by atoms with van der Waals surface area (Å²) in [5.74, 6) is -1.34. The summed E-state index contributed by atoms with van der Waals surface area (Å²) in [5, 5.41) is 2.53. The average molecular weight is 773 g/mol. The SMILES string of the molecule is CCCCC.CCCCCCCCC(=O)OCCCCCCCOC(=O)C(CCC(=O)OCCCCCCCOC(=O)CCC)NC(=O)OCCN(C)C. The molecule has 0 heterocycles. The number of alkyl carbamates (subject to hydrolysis) is 1. The quantitative estimate of drug-likeness (QED) is 0.0374. The maximum Gasteiger partial charge on any atom is 0.407 e. The number of esters is 4. The zero-order chi connectivity index (χ0) is 40.5. The van der Waals surface area contributed by atoms with Crippen molar-refractivity contribution in [2.45, 2.75) is 188 Å². The van der Waals surface area contributed by atoms with E-state index in [1.54, 1.807) is 0 Å². The van der Waals surface area contributed by atoms with Gasteiger partial charge in [-0.15, -0.1) is 0 Å². The Morgan fingerprint density at radius 1 is 0.444 bits per heavy atom. The molecule has 0 aromatic carbocycles. The third-order valence-electron chi connectivity index (χ3n) is 8.49. The monoisotopic (exact) mass is 773 g/mol. The van der Waals surface area contributed by atoms with Crippen LogP contribution in [0.2, 0.25) is 0 Å². The molecule has 54 heavy (non-hydrogen) atoms. The molecule has 12 heteroatoms. The summed E-state index contributed by atoms with van der Waals surface area (Å²) in [7, 11) is 3.71. The van der Waals surface area contributed by atoms with Crippen molar-refractivity contribution in [3.8, 4) is 0 Å². The van der Waals surface area contributed by atoms with Crippen LogP contribution in [0.4, 0.5) is 4.79 Å². The highest BCUT2D eigenvalue weighted by molar-refractivity contribution is 5.82. The van der Waals surface area contributed by atoms with Gasteiger partial charge in [0.2, 0.25) is 0 Å². The number of likely N-dealkylation sites (N-methyl/N-ethyl adjacent to an activating group) is 1. The molecule has 0 aliphatic heterocycles. The molecule has 0 fully saturated rings. The average Bonchev–Trinajstić information content (AvgIpc) is 3.13. The van der Waals surface area contributed by atoms with Crippen molar-refractivity contribution in [2.75, 3.05) is 53.7 Å². The van der Waals surface area contributed by atoms with Gasteiger partial charge in [0, 0.05) is 25.8 Å². The molecular formula is C42H80N2O10. The van der Waals surface area contributed by atoms with E-state index < -0.39 is 24.1 Å². The normalized spacial score (nSPS) is 11.2. The number of hydrogen-bond acceptors (Lipinski definition) is 11. The van der Waals surface area contributed by atoms with E-state index in [0.717, 1.165) is 70.6 Å². The lowest BCUT2D eigenvalue weighted by molar-refractivity contribution is -0.148. The number of unbranched alkanes of at least 4 members (excludes halogenated alkanes) is 15. The zero-order valence-corrected chi connectivity index (χ0v) is 35.3. The lowest BCUT2D eigenvalue weighted by Crippen LogP contribution is -2.43. The lowest BCUT2D eigenvalue weighted by Gasteiger charge is -2.18. The standard InChI is InChI=1S/C37H68N2O10.C5H12/c1-5-7-8-9-12-17-23-34(41)46-28-19-15-11-16-21-30-48-36(43)32(38-37(44)49-31-26-39(3)4)24-25-35(42)47-29-20-14-10-13-18-27-45-33(40)22-6-2;1-3-5-4-2/h32H,5-31H2,1-4H3,(H,38,44);3-5H2,1-2H3. The Kier molecular flexibility index (Phi) is 40.7. The van der Waals surface area contributed by atoms with Crippen LogP contribution < -0.4 is 5.32 Å². The molecule has 0 rings (SSSR count). The first-order chi connectivity index (χ1) is 26.1. The van der Waals surface area contributed by atoms with Crippen molar-refractivity contribution in [2.24, 2.45) is 0 Å². The second-order valence-electron chi connectivity index (χ2n) is 14.2. The van der Waals surface area contributed by atoms with Gasteiger partial charge in [-0.05, 0) is 59.0 Å². The van der Waals surface area contributed by atoms with E-state index in [0.29, 0.717) is 45.4 Å². The van der Waals surface area contributed by atoms with Crippen LogP contribution in [-0.4, -0.2) is 94.6 Å². The Labute approximate surface area is 328 Å². The predicted molar refractivity (Wildman–Crippen MR) is 214 cm³/mol. The van der Waals surface area contributed by atoms with E-state index in [2.05, 4.69) is 26.1 Å². The Hall–Kier alpha value is -2.89. The first kappa shape index (κ1) is 53.2. The number of carbonyl (C=O) groups is 5. The van der Waals surface area contributed by atoms with Gasteiger partial charge in [0.05, 0.1) is 26.4 Å². The first-order valence-electron chi connectivity index (χ1n) is 21.3. The molecular weight excluding hydrogens is 692 g/mol. The maximum atomic E-state index is 12.8. The number of rotatable bonds is 35. The zero-order valence-electron chi connectivity index (χ0n) is 35.3. The van der Waals surface area contributed by atoms with Gasteiger partial charge < -0.3 is 33.9 Å². The summed E-state index contributed by atoms with van der Waals surface area (Å²) in [5.41, 5.74) is 0. The minimum absolute atomic E-state index is 0.0365. The molecule has 0 spiro atoms. The predicted octanol–water partition coefficient (Wildman–Crippen LogP) is 9.24. The topological polar surface area (TPSA) is 147 Å². The van der Waals surface area contributed by atoms with Crippen LogP contribution in [0.5, 0.6) is 0 Å². The summed E-state index contributed by atoms with van der Waals surface area (Å²) in [6.45, 7) is 10.6. The fourth-order valence-electron chi connectivity index (χ4n) is 5.14. The highest BCUT2D eigenvalue weighted by Crippen LogP contribution is 2.10. The van der Waals surface area contributed by atoms with Crippen molar-refractivity contribution in [1.29, 1.82) is 0 Å². The van der Waals surface area contributed by atoms with Gasteiger partial charge >= 0.3 is 30.0 Å². The molecule has 0 saturated heterocycles. The molecule has 0 radical (unpaired) electrons. The van der Waals surface area contributed by atoms with E-state index in [-0.39, 0.29) is 44.6 Å². The van der Waals surface area contributed by atoms with Crippen LogP contribution >= 0.6 is 0 Å². The van der Waals surface area contributed by atoms with Gasteiger partial charge in [-0.1, -0.05) is 118 Å². The van der Waals surface area contributed by atoms with E-state index in [1.807, 2.05) is 25.9 Å². The van der Waals surface area contributed by atoms with Crippen molar-refractivity contribution < 1.29 is 47.7 Å². The largest absolute Gasteiger partial charge is 0.466 e. The molecule has 0 saturated carbocycles. The van der Waals surface area contributed by atoms with E-state index in [1.165, 1.54) is 44.9 Å². The number of ether oxygens (including phenoxy) is 5. The summed E-state index contributed by atoms with van der Waals surface area (Å²) in [6.07, 6.45) is 20.3. The second kappa shape index (κ2) is 41.3. The van der Waals surface area contributed by atoms with Crippen molar-refractivity contribution in [1.82, 2.24) is 10.2 Å². The van der Waals surface area contributed by atoms with Gasteiger partial charge in [0.1, 0.15) is 12.6 Å². The third-order valence-corrected chi connectivity index (χ3v) is 8.49. The minimum atomic E-state index is -1.03. The molecule has 0 aromatic heterocycles. The van der Waals surface area contributed by atoms with E-state index in [4.69, 9.17) is 23.7 Å². The molecule has 1 amide bonds. The highest BCUT2D eigenvalue weighted by atomic mass is 16.6. The molecule has 0 aliphatic carbocycles. The molecule has 0 aliphatic rings. The number of nitrogens with one attached hydrogen (secondary N) is 1. The highest BCUT2D eigenvalue weighted by Gasteiger charge is 2.24. The number of amides is 1.